The molecule has 0 spiro atoms. The second-order valence-corrected chi connectivity index (χ2v) is 5.89. The molecule has 0 aliphatic heterocycles. The van der Waals surface area contributed by atoms with Crippen LogP contribution in [0.3, 0.4) is 0 Å². The largest absolute Gasteiger partial charge is 0.489 e. The Kier molecular flexibility index (Phi) is 5.05. The number of hydrogen-bond donors (Lipinski definition) is 2. The number of pyridine rings is 1. The van der Waals surface area contributed by atoms with Crippen molar-refractivity contribution < 1.29 is 9.53 Å². The van der Waals surface area contributed by atoms with Gasteiger partial charge in [0.15, 0.2) is 11.5 Å². The summed E-state index contributed by atoms with van der Waals surface area (Å²) in [5.41, 5.74) is 2.26. The Balaban J connectivity index is 1.28. The van der Waals surface area contributed by atoms with E-state index in [1.165, 1.54) is 0 Å². The third kappa shape index (κ3) is 4.21. The van der Waals surface area contributed by atoms with Gasteiger partial charge in [0.2, 0.25) is 0 Å². The third-order valence-electron chi connectivity index (χ3n) is 3.89. The van der Waals surface area contributed by atoms with E-state index in [9.17, 15) is 4.79 Å². The fourth-order valence-corrected chi connectivity index (χ4v) is 2.52. The quantitative estimate of drug-likeness (QED) is 0.536. The maximum absolute atomic E-state index is 12.1. The lowest BCUT2D eigenvalue weighted by Gasteiger charge is -2.09. The minimum atomic E-state index is -0.350. The first-order valence-corrected chi connectivity index (χ1v) is 8.60. The van der Waals surface area contributed by atoms with Crippen molar-refractivity contribution in [2.24, 2.45) is 0 Å². The predicted molar refractivity (Wildman–Crippen MR) is 102 cm³/mol. The van der Waals surface area contributed by atoms with Crippen molar-refractivity contribution in [3.8, 4) is 5.75 Å². The van der Waals surface area contributed by atoms with E-state index in [-0.39, 0.29) is 12.6 Å². The molecule has 1 aromatic carbocycles. The van der Waals surface area contributed by atoms with Crippen molar-refractivity contribution >= 4 is 17.4 Å². The number of urea groups is 1. The van der Waals surface area contributed by atoms with Crippen molar-refractivity contribution in [2.75, 3.05) is 5.32 Å². The number of rotatable bonds is 6. The van der Waals surface area contributed by atoms with E-state index in [2.05, 4.69) is 30.9 Å². The molecule has 2 amide bonds. The number of anilines is 1. The summed E-state index contributed by atoms with van der Waals surface area (Å²) < 4.78 is 7.27. The average Bonchev–Trinajstić information content (AvgIpc) is 3.16. The van der Waals surface area contributed by atoms with E-state index in [4.69, 9.17) is 4.74 Å². The molecule has 2 N–H and O–H groups in total. The Hall–Kier alpha value is -4.01. The summed E-state index contributed by atoms with van der Waals surface area (Å²) in [7, 11) is 0. The average molecular weight is 375 g/mol. The zero-order chi connectivity index (χ0) is 19.2. The fourth-order valence-electron chi connectivity index (χ4n) is 2.52. The highest BCUT2D eigenvalue weighted by Gasteiger charge is 2.08. The molecule has 4 aromatic rings. The predicted octanol–water partition coefficient (Wildman–Crippen LogP) is 2.42. The summed E-state index contributed by atoms with van der Waals surface area (Å²) in [4.78, 5) is 16.1. The number of nitrogens with zero attached hydrogens (tertiary/aromatic N) is 5. The smallest absolute Gasteiger partial charge is 0.319 e. The summed E-state index contributed by atoms with van der Waals surface area (Å²) in [5, 5.41) is 17.7. The van der Waals surface area contributed by atoms with Crippen LogP contribution in [0.2, 0.25) is 0 Å². The SMILES string of the molecule is O=C(NCc1nnc2cccnn12)Nc1ccc(OCc2cccnc2)cc1. The molecule has 0 saturated carbocycles. The molecule has 0 saturated heterocycles. The zero-order valence-electron chi connectivity index (χ0n) is 14.8. The van der Waals surface area contributed by atoms with Crippen LogP contribution in [0.5, 0.6) is 5.75 Å². The number of aromatic nitrogens is 5. The number of nitrogens with one attached hydrogen (secondary N) is 2. The molecule has 0 radical (unpaired) electrons. The minimum absolute atomic E-state index is 0.205. The lowest BCUT2D eigenvalue weighted by Crippen LogP contribution is -2.29. The van der Waals surface area contributed by atoms with Crippen LogP contribution >= 0.6 is 0 Å². The molecule has 140 valence electrons. The Morgan fingerprint density at radius 3 is 2.71 bits per heavy atom. The molecule has 0 bridgehead atoms. The molecule has 0 unspecified atom stereocenters. The molecule has 9 heteroatoms. The second kappa shape index (κ2) is 8.12. The molecule has 3 heterocycles. The molecule has 0 atom stereocenters. The van der Waals surface area contributed by atoms with E-state index in [0.29, 0.717) is 29.5 Å². The van der Waals surface area contributed by atoms with Crippen LogP contribution in [0, 0.1) is 0 Å². The number of ether oxygens (including phenoxy) is 1. The lowest BCUT2D eigenvalue weighted by molar-refractivity contribution is 0.251. The summed E-state index contributed by atoms with van der Waals surface area (Å²) in [6.07, 6.45) is 5.11. The molecule has 0 aliphatic carbocycles. The van der Waals surface area contributed by atoms with Crippen molar-refractivity contribution in [2.45, 2.75) is 13.2 Å². The molecule has 0 aliphatic rings. The molecule has 3 aromatic heterocycles. The highest BCUT2D eigenvalue weighted by atomic mass is 16.5. The number of hydrogen-bond acceptors (Lipinski definition) is 6. The van der Waals surface area contributed by atoms with Gasteiger partial charge in [0.25, 0.3) is 0 Å². The van der Waals surface area contributed by atoms with Gasteiger partial charge in [-0.1, -0.05) is 6.07 Å². The molecule has 28 heavy (non-hydrogen) atoms. The van der Waals surface area contributed by atoms with Gasteiger partial charge in [-0.2, -0.15) is 9.61 Å². The van der Waals surface area contributed by atoms with Crippen molar-refractivity contribution in [3.05, 3.63) is 78.5 Å². The van der Waals surface area contributed by atoms with Gasteiger partial charge in [-0.05, 0) is 42.5 Å². The Bertz CT molecular complexity index is 1060. The number of carbonyl (C=O) groups is 1. The van der Waals surface area contributed by atoms with E-state index >= 15 is 0 Å². The van der Waals surface area contributed by atoms with Gasteiger partial charge in [0, 0.05) is 29.8 Å². The summed E-state index contributed by atoms with van der Waals surface area (Å²) in [5.74, 6) is 1.25. The topological polar surface area (TPSA) is 106 Å². The first kappa shape index (κ1) is 17.4. The maximum Gasteiger partial charge on any atom is 0.319 e. The Morgan fingerprint density at radius 1 is 1.04 bits per heavy atom. The summed E-state index contributed by atoms with van der Waals surface area (Å²) in [6, 6.07) is 14.2. The van der Waals surface area contributed by atoms with Crippen LogP contribution in [0.1, 0.15) is 11.4 Å². The number of fused-ring (bicyclic) bond motifs is 1. The monoisotopic (exact) mass is 375 g/mol. The lowest BCUT2D eigenvalue weighted by atomic mass is 10.3. The van der Waals surface area contributed by atoms with Crippen LogP contribution < -0.4 is 15.4 Å². The van der Waals surface area contributed by atoms with Crippen LogP contribution in [0.15, 0.2) is 67.1 Å². The van der Waals surface area contributed by atoms with Gasteiger partial charge in [0.05, 0.1) is 6.54 Å². The first-order valence-electron chi connectivity index (χ1n) is 8.60. The van der Waals surface area contributed by atoms with E-state index in [0.717, 1.165) is 5.56 Å². The molecular weight excluding hydrogens is 358 g/mol. The van der Waals surface area contributed by atoms with E-state index in [1.807, 2.05) is 12.1 Å². The van der Waals surface area contributed by atoms with Crippen LogP contribution in [0.25, 0.3) is 5.65 Å². The van der Waals surface area contributed by atoms with Gasteiger partial charge in [-0.15, -0.1) is 10.2 Å². The third-order valence-corrected chi connectivity index (χ3v) is 3.89. The van der Waals surface area contributed by atoms with Crippen molar-refractivity contribution in [1.82, 2.24) is 30.1 Å². The number of carbonyl (C=O) groups excluding carboxylic acids is 1. The van der Waals surface area contributed by atoms with Gasteiger partial charge in [-0.3, -0.25) is 4.98 Å². The van der Waals surface area contributed by atoms with Crippen LogP contribution in [-0.4, -0.2) is 30.8 Å². The van der Waals surface area contributed by atoms with Gasteiger partial charge >= 0.3 is 6.03 Å². The zero-order valence-corrected chi connectivity index (χ0v) is 14.8. The Labute approximate surface area is 160 Å². The first-order chi connectivity index (χ1) is 13.8. The minimum Gasteiger partial charge on any atom is -0.489 e. The molecule has 9 nitrogen and oxygen atoms in total. The highest BCUT2D eigenvalue weighted by molar-refractivity contribution is 5.89. The van der Waals surface area contributed by atoms with Gasteiger partial charge < -0.3 is 15.4 Å². The maximum atomic E-state index is 12.1. The Morgan fingerprint density at radius 2 is 1.89 bits per heavy atom. The second-order valence-electron chi connectivity index (χ2n) is 5.89. The molecular formula is C19H17N7O2. The van der Waals surface area contributed by atoms with E-state index in [1.54, 1.807) is 59.5 Å². The van der Waals surface area contributed by atoms with Gasteiger partial charge in [-0.25, -0.2) is 4.79 Å². The number of benzene rings is 1. The fraction of sp³-hybridized carbons (Fsp3) is 0.105. The van der Waals surface area contributed by atoms with Crippen LogP contribution in [-0.2, 0) is 13.2 Å². The molecule has 4 rings (SSSR count). The summed E-state index contributed by atoms with van der Waals surface area (Å²) >= 11 is 0. The molecule has 0 fully saturated rings. The van der Waals surface area contributed by atoms with E-state index < -0.39 is 0 Å². The highest BCUT2D eigenvalue weighted by Crippen LogP contribution is 2.17. The normalized spacial score (nSPS) is 10.6. The van der Waals surface area contributed by atoms with Crippen LogP contribution in [0.4, 0.5) is 10.5 Å². The van der Waals surface area contributed by atoms with Crippen molar-refractivity contribution in [3.63, 3.8) is 0 Å². The van der Waals surface area contributed by atoms with Gasteiger partial charge in [0.1, 0.15) is 12.4 Å². The van der Waals surface area contributed by atoms with Crippen molar-refractivity contribution in [1.29, 1.82) is 0 Å². The number of amides is 2. The summed E-state index contributed by atoms with van der Waals surface area (Å²) in [6.45, 7) is 0.637. The standard InChI is InChI=1S/C19H17N7O2/c27-19(21-12-18-25-24-17-4-2-10-22-26(17)18)23-15-5-7-16(8-6-15)28-13-14-3-1-9-20-11-14/h1-11H,12-13H2,(H2,21,23,27).